The molecule has 3 aliphatic rings. The van der Waals surface area contributed by atoms with E-state index in [1.165, 1.54) is 4.90 Å². The fraction of sp³-hybridized carbons (Fsp3) is 0.500. The quantitative estimate of drug-likeness (QED) is 0.381. The lowest BCUT2D eigenvalue weighted by Crippen LogP contribution is -2.56. The number of ether oxygens (including phenoxy) is 2. The number of alkyl halides is 1. The predicted octanol–water partition coefficient (Wildman–Crippen LogP) is 4.72. The van der Waals surface area contributed by atoms with Crippen molar-refractivity contribution in [3.63, 3.8) is 0 Å². The van der Waals surface area contributed by atoms with Crippen LogP contribution in [-0.4, -0.2) is 84.3 Å². The third kappa shape index (κ3) is 5.86. The summed E-state index contributed by atoms with van der Waals surface area (Å²) in [6.07, 6.45) is 1.31. The molecule has 2 saturated heterocycles. The first kappa shape index (κ1) is 29.5. The molecule has 1 aromatic heterocycles. The van der Waals surface area contributed by atoms with Gasteiger partial charge >= 0.3 is 6.01 Å². The number of nitriles is 1. The number of benzene rings is 2. The Morgan fingerprint density at radius 3 is 2.77 bits per heavy atom. The zero-order valence-corrected chi connectivity index (χ0v) is 25.3. The number of anilines is 1. The molecule has 6 rings (SSSR count). The standard InChI is InChI=1S/C32H36ClFN6O3/c1-3-20-16-38(2)18-28(20)43-32-36-26-14-27(23-8-4-6-21-7-5-9-25(33)30(21)23)42-19-24(26)31(37-32)39-12-13-40(29(41)15-34)22(17-39)10-11-35/h4-9,20,22,27-28H,3,10,12-19H2,1-2H3/t20?,22-,27?,28+/m0/s1. The molecule has 0 N–H and O–H groups in total. The lowest BCUT2D eigenvalue weighted by Gasteiger charge is -2.42. The first-order valence-electron chi connectivity index (χ1n) is 14.9. The Hall–Kier alpha value is -3.52. The van der Waals surface area contributed by atoms with Crippen molar-refractivity contribution in [3.8, 4) is 12.1 Å². The molecule has 1 amide bonds. The molecule has 0 saturated carbocycles. The highest BCUT2D eigenvalue weighted by Crippen LogP contribution is 2.40. The SMILES string of the molecule is CCC1CN(C)C[C@H]1Oc1nc2c(c(N3CCN(C(=O)CF)[C@@H](CC#N)C3)n1)COC(c1cccc3cccc(Cl)c13)C2. The van der Waals surface area contributed by atoms with E-state index in [0.29, 0.717) is 48.8 Å². The van der Waals surface area contributed by atoms with Crippen molar-refractivity contribution < 1.29 is 18.7 Å². The molecule has 43 heavy (non-hydrogen) atoms. The average Bonchev–Trinajstić information content (AvgIpc) is 3.38. The Balaban J connectivity index is 1.37. The second-order valence-electron chi connectivity index (χ2n) is 11.7. The van der Waals surface area contributed by atoms with Crippen LogP contribution in [0.4, 0.5) is 10.2 Å². The molecule has 3 aliphatic heterocycles. The Morgan fingerprint density at radius 1 is 1.19 bits per heavy atom. The lowest BCUT2D eigenvalue weighted by atomic mass is 9.94. The molecule has 2 fully saturated rings. The second kappa shape index (κ2) is 12.6. The van der Waals surface area contributed by atoms with Gasteiger partial charge in [0, 0.05) is 61.0 Å². The Bertz CT molecular complexity index is 1540. The van der Waals surface area contributed by atoms with Crippen LogP contribution in [0.2, 0.25) is 5.02 Å². The van der Waals surface area contributed by atoms with Crippen molar-refractivity contribution in [1.82, 2.24) is 19.8 Å². The highest BCUT2D eigenvalue weighted by molar-refractivity contribution is 6.35. The van der Waals surface area contributed by atoms with Gasteiger partial charge in [0.1, 0.15) is 11.9 Å². The summed E-state index contributed by atoms with van der Waals surface area (Å²) < 4.78 is 26.3. The molecular formula is C32H36ClFN6O3. The summed E-state index contributed by atoms with van der Waals surface area (Å²) in [4.78, 5) is 28.0. The van der Waals surface area contributed by atoms with Gasteiger partial charge in [-0.2, -0.15) is 15.2 Å². The van der Waals surface area contributed by atoms with E-state index in [1.807, 2.05) is 30.3 Å². The van der Waals surface area contributed by atoms with Gasteiger partial charge in [-0.05, 0) is 30.5 Å². The van der Waals surface area contributed by atoms with Crippen molar-refractivity contribution in [1.29, 1.82) is 5.26 Å². The molecule has 0 spiro atoms. The number of likely N-dealkylation sites (N-methyl/N-ethyl adjacent to an activating group) is 1. The summed E-state index contributed by atoms with van der Waals surface area (Å²) in [5.74, 6) is 0.464. The Morgan fingerprint density at radius 2 is 2.00 bits per heavy atom. The minimum atomic E-state index is -1.08. The smallest absolute Gasteiger partial charge is 0.318 e. The van der Waals surface area contributed by atoms with Crippen molar-refractivity contribution in [2.45, 2.75) is 51.0 Å². The largest absolute Gasteiger partial charge is 0.458 e. The summed E-state index contributed by atoms with van der Waals surface area (Å²) in [7, 11) is 2.09. The topological polar surface area (TPSA) is 94.8 Å². The van der Waals surface area contributed by atoms with E-state index in [1.54, 1.807) is 0 Å². The number of carbonyl (C=O) groups is 1. The first-order valence-corrected chi connectivity index (χ1v) is 15.3. The number of carbonyl (C=O) groups excluding carboxylic acids is 1. The molecule has 4 heterocycles. The Kier molecular flexibility index (Phi) is 8.66. The van der Waals surface area contributed by atoms with Crippen LogP contribution in [0.25, 0.3) is 10.8 Å². The average molecular weight is 607 g/mol. The third-order valence-electron chi connectivity index (χ3n) is 8.98. The number of hydrogen-bond donors (Lipinski definition) is 0. The van der Waals surface area contributed by atoms with Gasteiger partial charge in [0.05, 0.1) is 36.9 Å². The zero-order chi connectivity index (χ0) is 30.1. The van der Waals surface area contributed by atoms with Gasteiger partial charge in [-0.15, -0.1) is 0 Å². The van der Waals surface area contributed by atoms with Gasteiger partial charge < -0.3 is 24.2 Å². The summed E-state index contributed by atoms with van der Waals surface area (Å²) in [5.41, 5.74) is 2.72. The maximum absolute atomic E-state index is 13.3. The minimum Gasteiger partial charge on any atom is -0.458 e. The van der Waals surface area contributed by atoms with E-state index in [0.717, 1.165) is 47.1 Å². The van der Waals surface area contributed by atoms with Gasteiger partial charge in [-0.3, -0.25) is 4.79 Å². The molecule has 0 aliphatic carbocycles. The maximum atomic E-state index is 13.3. The molecule has 2 aromatic carbocycles. The molecule has 4 atom stereocenters. The van der Waals surface area contributed by atoms with E-state index < -0.39 is 18.6 Å². The van der Waals surface area contributed by atoms with Crippen LogP contribution < -0.4 is 9.64 Å². The van der Waals surface area contributed by atoms with Gasteiger partial charge in [0.2, 0.25) is 0 Å². The molecule has 11 heteroatoms. The van der Waals surface area contributed by atoms with Crippen molar-refractivity contribution in [3.05, 3.63) is 58.2 Å². The van der Waals surface area contributed by atoms with Gasteiger partial charge in [0.15, 0.2) is 6.67 Å². The van der Waals surface area contributed by atoms with Crippen LogP contribution >= 0.6 is 11.6 Å². The summed E-state index contributed by atoms with van der Waals surface area (Å²) in [5, 5.41) is 12.2. The maximum Gasteiger partial charge on any atom is 0.318 e. The number of fused-ring (bicyclic) bond motifs is 2. The molecule has 0 radical (unpaired) electrons. The van der Waals surface area contributed by atoms with E-state index in [2.05, 4.69) is 35.9 Å². The van der Waals surface area contributed by atoms with E-state index >= 15 is 0 Å². The predicted molar refractivity (Wildman–Crippen MR) is 162 cm³/mol. The van der Waals surface area contributed by atoms with E-state index in [4.69, 9.17) is 31.0 Å². The highest BCUT2D eigenvalue weighted by Gasteiger charge is 2.36. The monoisotopic (exact) mass is 606 g/mol. The molecule has 2 unspecified atom stereocenters. The van der Waals surface area contributed by atoms with Crippen LogP contribution in [0.15, 0.2) is 36.4 Å². The highest BCUT2D eigenvalue weighted by atomic mass is 35.5. The number of amides is 1. The summed E-state index contributed by atoms with van der Waals surface area (Å²) in [6, 6.07) is 14.0. The van der Waals surface area contributed by atoms with Crippen LogP contribution in [0.5, 0.6) is 6.01 Å². The van der Waals surface area contributed by atoms with Gasteiger partial charge in [-0.1, -0.05) is 48.9 Å². The first-order chi connectivity index (χ1) is 20.9. The molecule has 3 aromatic rings. The number of likely N-dealkylation sites (tertiary alicyclic amines) is 1. The number of rotatable bonds is 7. The number of nitrogens with zero attached hydrogens (tertiary/aromatic N) is 6. The lowest BCUT2D eigenvalue weighted by molar-refractivity contribution is -0.134. The molecule has 0 bridgehead atoms. The second-order valence-corrected chi connectivity index (χ2v) is 12.1. The van der Waals surface area contributed by atoms with Gasteiger partial charge in [-0.25, -0.2) is 4.39 Å². The zero-order valence-electron chi connectivity index (χ0n) is 24.5. The van der Waals surface area contributed by atoms with E-state index in [-0.39, 0.29) is 25.2 Å². The number of hydrogen-bond acceptors (Lipinski definition) is 8. The van der Waals surface area contributed by atoms with Crippen LogP contribution in [0, 0.1) is 17.2 Å². The van der Waals surface area contributed by atoms with Crippen LogP contribution in [-0.2, 0) is 22.6 Å². The van der Waals surface area contributed by atoms with E-state index in [9.17, 15) is 14.4 Å². The van der Waals surface area contributed by atoms with Crippen molar-refractivity contribution in [2.24, 2.45) is 5.92 Å². The number of aromatic nitrogens is 2. The van der Waals surface area contributed by atoms with Crippen LogP contribution in [0.1, 0.15) is 42.7 Å². The van der Waals surface area contributed by atoms with Crippen molar-refractivity contribution >= 4 is 34.1 Å². The summed E-state index contributed by atoms with van der Waals surface area (Å²) in [6.45, 7) is 4.23. The summed E-state index contributed by atoms with van der Waals surface area (Å²) >= 11 is 6.67. The molecule has 9 nitrogen and oxygen atoms in total. The Labute approximate surface area is 256 Å². The fourth-order valence-corrected chi connectivity index (χ4v) is 7.07. The third-order valence-corrected chi connectivity index (χ3v) is 9.29. The minimum absolute atomic E-state index is 0.0289. The number of halogens is 2. The van der Waals surface area contributed by atoms with Gasteiger partial charge in [0.25, 0.3) is 5.91 Å². The van der Waals surface area contributed by atoms with Crippen LogP contribution in [0.3, 0.4) is 0 Å². The van der Waals surface area contributed by atoms with Crippen molar-refractivity contribution in [2.75, 3.05) is 51.3 Å². The normalized spacial score (nSPS) is 24.2. The molecular weight excluding hydrogens is 571 g/mol. The molecule has 226 valence electrons. The fourth-order valence-electron chi connectivity index (χ4n) is 6.78. The number of piperazine rings is 1.